The number of hydrogen-bond acceptors (Lipinski definition) is 7. The summed E-state index contributed by atoms with van der Waals surface area (Å²) >= 11 is 1.34. The Morgan fingerprint density at radius 1 is 1.21 bits per heavy atom. The molecule has 1 fully saturated rings. The lowest BCUT2D eigenvalue weighted by atomic mass is 10.1. The van der Waals surface area contributed by atoms with E-state index in [1.165, 1.54) is 23.3 Å². The average molecular weight is 477 g/mol. The van der Waals surface area contributed by atoms with Gasteiger partial charge in [-0.3, -0.25) is 10.1 Å². The molecule has 3 heterocycles. The lowest BCUT2D eigenvalue weighted by Gasteiger charge is -2.25. The minimum absolute atomic E-state index is 0.0191. The SMILES string of the molecule is Cc1ccc(OCCCn2cccc2/C=C(/C#N)C(=O)Nc2nnc(N3CCCCC3)s2)cc1. The molecule has 0 unspecified atom stereocenters. The van der Waals surface area contributed by atoms with Crippen molar-refractivity contribution < 1.29 is 9.53 Å². The van der Waals surface area contributed by atoms with Crippen molar-refractivity contribution in [3.63, 3.8) is 0 Å². The van der Waals surface area contributed by atoms with Crippen LogP contribution in [0.25, 0.3) is 6.08 Å². The number of carbonyl (C=O) groups is 1. The van der Waals surface area contributed by atoms with Gasteiger partial charge < -0.3 is 14.2 Å². The summed E-state index contributed by atoms with van der Waals surface area (Å²) in [6.07, 6.45) is 7.84. The van der Waals surface area contributed by atoms with Crippen LogP contribution in [0, 0.1) is 18.3 Å². The molecule has 0 radical (unpaired) electrons. The number of nitrogens with zero attached hydrogens (tertiary/aromatic N) is 5. The number of aryl methyl sites for hydroxylation is 2. The summed E-state index contributed by atoms with van der Waals surface area (Å²) in [5, 5.41) is 21.8. The smallest absolute Gasteiger partial charge is 0.268 e. The van der Waals surface area contributed by atoms with Crippen LogP contribution in [0.15, 0.2) is 48.2 Å². The molecule has 3 aromatic rings. The van der Waals surface area contributed by atoms with E-state index >= 15 is 0 Å². The molecule has 0 atom stereocenters. The number of anilines is 2. The van der Waals surface area contributed by atoms with E-state index in [2.05, 4.69) is 20.4 Å². The van der Waals surface area contributed by atoms with Gasteiger partial charge in [0.25, 0.3) is 5.91 Å². The number of nitrogens with one attached hydrogen (secondary N) is 1. The summed E-state index contributed by atoms with van der Waals surface area (Å²) in [5.74, 6) is 0.362. The Balaban J connectivity index is 1.33. The van der Waals surface area contributed by atoms with E-state index < -0.39 is 5.91 Å². The Bertz CT molecular complexity index is 1170. The van der Waals surface area contributed by atoms with Crippen molar-refractivity contribution in [1.29, 1.82) is 5.26 Å². The van der Waals surface area contributed by atoms with Crippen molar-refractivity contribution in [2.24, 2.45) is 0 Å². The van der Waals surface area contributed by atoms with Crippen LogP contribution in [0.5, 0.6) is 5.75 Å². The molecular weight excluding hydrogens is 448 g/mol. The van der Waals surface area contributed by atoms with Gasteiger partial charge in [0, 0.05) is 31.5 Å². The monoisotopic (exact) mass is 476 g/mol. The van der Waals surface area contributed by atoms with E-state index in [0.29, 0.717) is 18.3 Å². The first kappa shape index (κ1) is 23.5. The number of ether oxygens (including phenoxy) is 1. The number of nitriles is 1. The zero-order valence-electron chi connectivity index (χ0n) is 19.2. The Morgan fingerprint density at radius 2 is 2.00 bits per heavy atom. The lowest BCUT2D eigenvalue weighted by Crippen LogP contribution is -2.29. The molecule has 1 aromatic carbocycles. The van der Waals surface area contributed by atoms with Gasteiger partial charge in [0.05, 0.1) is 6.61 Å². The molecule has 1 saturated heterocycles. The number of amides is 1. The van der Waals surface area contributed by atoms with E-state index in [9.17, 15) is 10.1 Å². The van der Waals surface area contributed by atoms with Crippen molar-refractivity contribution in [1.82, 2.24) is 14.8 Å². The average Bonchev–Trinajstić information content (AvgIpc) is 3.51. The molecule has 9 heteroatoms. The summed E-state index contributed by atoms with van der Waals surface area (Å²) in [5.41, 5.74) is 2.00. The largest absolute Gasteiger partial charge is 0.494 e. The molecule has 1 aliphatic heterocycles. The standard InChI is InChI=1S/C25H28N6O2S/c1-19-8-10-22(11-9-19)33-16-6-15-30-14-5-7-21(30)17-20(18-26)23(32)27-24-28-29-25(34-24)31-12-3-2-4-13-31/h5,7-11,14,17H,2-4,6,12-13,15-16H2,1H3,(H,27,28,32)/b20-17-. The highest BCUT2D eigenvalue weighted by molar-refractivity contribution is 7.19. The van der Waals surface area contributed by atoms with Crippen molar-refractivity contribution in [2.75, 3.05) is 29.9 Å². The summed E-state index contributed by atoms with van der Waals surface area (Å²) in [6.45, 7) is 5.24. The molecule has 0 aliphatic carbocycles. The number of piperidine rings is 1. The van der Waals surface area contributed by atoms with Gasteiger partial charge in [-0.15, -0.1) is 10.2 Å². The van der Waals surface area contributed by atoms with Gasteiger partial charge in [0.15, 0.2) is 0 Å². The van der Waals surface area contributed by atoms with Crippen LogP contribution in [0.4, 0.5) is 10.3 Å². The van der Waals surface area contributed by atoms with Gasteiger partial charge in [0.2, 0.25) is 10.3 Å². The molecule has 8 nitrogen and oxygen atoms in total. The third kappa shape index (κ3) is 6.23. The fraction of sp³-hybridized carbons (Fsp3) is 0.360. The Morgan fingerprint density at radius 3 is 2.76 bits per heavy atom. The van der Waals surface area contributed by atoms with Gasteiger partial charge in [-0.05, 0) is 62.9 Å². The number of rotatable bonds is 9. The zero-order valence-corrected chi connectivity index (χ0v) is 20.1. The highest BCUT2D eigenvalue weighted by atomic mass is 32.1. The molecule has 176 valence electrons. The van der Waals surface area contributed by atoms with Gasteiger partial charge in [0.1, 0.15) is 17.4 Å². The molecule has 2 aromatic heterocycles. The predicted molar refractivity (Wildman–Crippen MR) is 134 cm³/mol. The van der Waals surface area contributed by atoms with Crippen molar-refractivity contribution in [3.8, 4) is 11.8 Å². The quantitative estimate of drug-likeness (QED) is 0.274. The van der Waals surface area contributed by atoms with Gasteiger partial charge in [-0.2, -0.15) is 5.26 Å². The lowest BCUT2D eigenvalue weighted by molar-refractivity contribution is -0.112. The summed E-state index contributed by atoms with van der Waals surface area (Å²) < 4.78 is 7.79. The second-order valence-corrected chi connectivity index (χ2v) is 9.16. The molecular formula is C25H28N6O2S. The Hall–Kier alpha value is -3.64. The molecule has 1 aliphatic rings. The molecule has 0 spiro atoms. The van der Waals surface area contributed by atoms with E-state index in [0.717, 1.165) is 48.9 Å². The van der Waals surface area contributed by atoms with E-state index in [4.69, 9.17) is 4.74 Å². The first-order chi connectivity index (χ1) is 16.6. The third-order valence-electron chi connectivity index (χ3n) is 5.62. The van der Waals surface area contributed by atoms with Gasteiger partial charge in [-0.25, -0.2) is 0 Å². The normalized spacial score (nSPS) is 14.0. The molecule has 4 rings (SSSR count). The number of benzene rings is 1. The van der Waals surface area contributed by atoms with Crippen LogP contribution >= 0.6 is 11.3 Å². The first-order valence-electron chi connectivity index (χ1n) is 11.5. The van der Waals surface area contributed by atoms with E-state index in [-0.39, 0.29) is 5.57 Å². The molecule has 1 amide bonds. The molecule has 1 N–H and O–H groups in total. The minimum atomic E-state index is -0.487. The van der Waals surface area contributed by atoms with E-state index in [1.54, 1.807) is 6.08 Å². The van der Waals surface area contributed by atoms with Crippen molar-refractivity contribution >= 4 is 33.6 Å². The van der Waals surface area contributed by atoms with Crippen LogP contribution in [0.2, 0.25) is 0 Å². The minimum Gasteiger partial charge on any atom is -0.494 e. The summed E-state index contributed by atoms with van der Waals surface area (Å²) in [7, 11) is 0. The number of aromatic nitrogens is 3. The fourth-order valence-corrected chi connectivity index (χ4v) is 4.55. The maximum atomic E-state index is 12.7. The van der Waals surface area contributed by atoms with Crippen molar-refractivity contribution in [2.45, 2.75) is 39.2 Å². The number of hydrogen-bond donors (Lipinski definition) is 1. The van der Waals surface area contributed by atoms with E-state index in [1.807, 2.05) is 60.2 Å². The van der Waals surface area contributed by atoms with Crippen LogP contribution in [-0.2, 0) is 11.3 Å². The maximum Gasteiger partial charge on any atom is 0.268 e. The van der Waals surface area contributed by atoms with Gasteiger partial charge in [-0.1, -0.05) is 29.0 Å². The third-order valence-corrected chi connectivity index (χ3v) is 6.52. The molecule has 0 bridgehead atoms. The zero-order chi connectivity index (χ0) is 23.8. The van der Waals surface area contributed by atoms with Crippen LogP contribution in [-0.4, -0.2) is 40.4 Å². The number of carbonyl (C=O) groups excluding carboxylic acids is 1. The predicted octanol–water partition coefficient (Wildman–Crippen LogP) is 4.65. The van der Waals surface area contributed by atoms with Crippen LogP contribution in [0.1, 0.15) is 36.9 Å². The summed E-state index contributed by atoms with van der Waals surface area (Å²) in [4.78, 5) is 14.9. The fourth-order valence-electron chi connectivity index (χ4n) is 3.76. The highest BCUT2D eigenvalue weighted by Gasteiger charge is 2.18. The molecule has 0 saturated carbocycles. The second kappa shape index (κ2) is 11.5. The van der Waals surface area contributed by atoms with Crippen LogP contribution < -0.4 is 15.0 Å². The molecule has 34 heavy (non-hydrogen) atoms. The Kier molecular flexibility index (Phi) is 7.94. The maximum absolute atomic E-state index is 12.7. The Labute approximate surface area is 203 Å². The second-order valence-electron chi connectivity index (χ2n) is 8.20. The van der Waals surface area contributed by atoms with Crippen molar-refractivity contribution in [3.05, 3.63) is 59.4 Å². The van der Waals surface area contributed by atoms with Gasteiger partial charge >= 0.3 is 0 Å². The summed E-state index contributed by atoms with van der Waals surface area (Å²) in [6, 6.07) is 13.8. The topological polar surface area (TPSA) is 96.1 Å². The first-order valence-corrected chi connectivity index (χ1v) is 12.3. The highest BCUT2D eigenvalue weighted by Crippen LogP contribution is 2.27. The van der Waals surface area contributed by atoms with Crippen LogP contribution in [0.3, 0.4) is 0 Å².